The number of rotatable bonds is 7. The number of pyridine rings is 1. The Hall–Kier alpha value is -3.91. The minimum absolute atomic E-state index is 0.192. The van der Waals surface area contributed by atoms with E-state index in [1.165, 1.54) is 22.8 Å². The van der Waals surface area contributed by atoms with Crippen LogP contribution in [0.15, 0.2) is 77.7 Å². The number of aliphatic carboxylic acids is 1. The molecule has 0 saturated heterocycles. The Morgan fingerprint density at radius 1 is 0.968 bits per heavy atom. The van der Waals surface area contributed by atoms with Gasteiger partial charge in [0.05, 0.1) is 6.42 Å². The second kappa shape index (κ2) is 9.73. The highest BCUT2D eigenvalue weighted by molar-refractivity contribution is 6.30. The number of benzene rings is 2. The molecule has 3 N–H and O–H groups in total. The van der Waals surface area contributed by atoms with Gasteiger partial charge in [0.25, 0.3) is 11.5 Å². The van der Waals surface area contributed by atoms with Gasteiger partial charge in [-0.1, -0.05) is 17.7 Å². The van der Waals surface area contributed by atoms with Gasteiger partial charge in [-0.25, -0.2) is 4.79 Å². The third-order valence-corrected chi connectivity index (χ3v) is 4.60. The lowest BCUT2D eigenvalue weighted by molar-refractivity contribution is -0.140. The zero-order chi connectivity index (χ0) is 22.4. The summed E-state index contributed by atoms with van der Waals surface area (Å²) < 4.78 is 1.41. The van der Waals surface area contributed by atoms with Gasteiger partial charge in [-0.3, -0.25) is 19.0 Å². The Kier molecular flexibility index (Phi) is 6.84. The fraction of sp³-hybridized carbons (Fsp3) is 0.0909. The van der Waals surface area contributed by atoms with E-state index in [9.17, 15) is 24.3 Å². The first-order valence-electron chi connectivity index (χ1n) is 9.21. The maximum atomic E-state index is 12.5. The number of anilines is 1. The van der Waals surface area contributed by atoms with Crippen LogP contribution in [-0.4, -0.2) is 33.5 Å². The lowest BCUT2D eigenvalue weighted by Gasteiger charge is -2.15. The monoisotopic (exact) mass is 439 g/mol. The van der Waals surface area contributed by atoms with Crippen LogP contribution >= 0.6 is 11.6 Å². The van der Waals surface area contributed by atoms with E-state index in [2.05, 4.69) is 10.6 Å². The van der Waals surface area contributed by atoms with Crippen molar-refractivity contribution < 1.29 is 19.5 Å². The highest BCUT2D eigenvalue weighted by Gasteiger charge is 2.24. The number of hydrogen-bond donors (Lipinski definition) is 3. The topological polar surface area (TPSA) is 118 Å². The summed E-state index contributed by atoms with van der Waals surface area (Å²) in [5.41, 5.74) is 0.977. The summed E-state index contributed by atoms with van der Waals surface area (Å²) in [6, 6.07) is 15.7. The van der Waals surface area contributed by atoms with Crippen molar-refractivity contribution in [2.24, 2.45) is 0 Å². The van der Waals surface area contributed by atoms with Gasteiger partial charge in [0.15, 0.2) is 0 Å². The van der Waals surface area contributed by atoms with Gasteiger partial charge in [-0.15, -0.1) is 0 Å². The zero-order valence-corrected chi connectivity index (χ0v) is 16.9. The number of carboxylic acids is 1. The second-order valence-electron chi connectivity index (χ2n) is 6.58. The molecule has 0 bridgehead atoms. The molecule has 9 heteroatoms. The third-order valence-electron chi connectivity index (χ3n) is 4.35. The quantitative estimate of drug-likeness (QED) is 0.523. The molecule has 0 aliphatic heterocycles. The summed E-state index contributed by atoms with van der Waals surface area (Å²) >= 11 is 5.79. The molecule has 1 atom stereocenters. The predicted octanol–water partition coefficient (Wildman–Crippen LogP) is 2.70. The van der Waals surface area contributed by atoms with E-state index in [-0.39, 0.29) is 11.1 Å². The fourth-order valence-electron chi connectivity index (χ4n) is 2.79. The number of halogens is 1. The largest absolute Gasteiger partial charge is 0.480 e. The minimum atomic E-state index is -1.42. The van der Waals surface area contributed by atoms with Crippen molar-refractivity contribution in [3.8, 4) is 5.69 Å². The highest BCUT2D eigenvalue weighted by Crippen LogP contribution is 2.14. The Bertz CT molecular complexity index is 1160. The summed E-state index contributed by atoms with van der Waals surface area (Å²) in [6.07, 6.45) is 1.14. The maximum Gasteiger partial charge on any atom is 0.326 e. The summed E-state index contributed by atoms with van der Waals surface area (Å²) in [5.74, 6) is -2.57. The molecule has 1 aromatic heterocycles. The number of carbonyl (C=O) groups excluding carboxylic acids is 2. The van der Waals surface area contributed by atoms with Crippen LogP contribution in [0.5, 0.6) is 0 Å². The normalized spacial score (nSPS) is 11.4. The molecule has 2 amide bonds. The molecule has 0 unspecified atom stereocenters. The molecule has 2 aromatic carbocycles. The molecule has 1 heterocycles. The van der Waals surface area contributed by atoms with Crippen molar-refractivity contribution in [1.82, 2.24) is 9.88 Å². The van der Waals surface area contributed by atoms with Gasteiger partial charge in [-0.2, -0.15) is 0 Å². The van der Waals surface area contributed by atoms with Gasteiger partial charge in [0, 0.05) is 34.2 Å². The van der Waals surface area contributed by atoms with E-state index < -0.39 is 30.2 Å². The van der Waals surface area contributed by atoms with E-state index in [0.717, 1.165) is 0 Å². The van der Waals surface area contributed by atoms with Gasteiger partial charge in [-0.05, 0) is 54.6 Å². The number of carbonyl (C=O) groups is 3. The minimum Gasteiger partial charge on any atom is -0.480 e. The molecule has 158 valence electrons. The van der Waals surface area contributed by atoms with Crippen LogP contribution in [-0.2, 0) is 9.59 Å². The Labute approximate surface area is 182 Å². The molecular formula is C22H18ClN3O5. The summed E-state index contributed by atoms with van der Waals surface area (Å²) in [5, 5.41) is 14.8. The third kappa shape index (κ3) is 5.80. The number of carboxylic acid groups (broad SMARTS) is 1. The first kappa shape index (κ1) is 21.8. The van der Waals surface area contributed by atoms with Crippen LogP contribution in [0.2, 0.25) is 5.02 Å². The summed E-state index contributed by atoms with van der Waals surface area (Å²) in [6.45, 7) is 0. The van der Waals surface area contributed by atoms with Crippen LogP contribution in [0.1, 0.15) is 16.8 Å². The molecule has 8 nitrogen and oxygen atoms in total. The summed E-state index contributed by atoms with van der Waals surface area (Å²) in [7, 11) is 0. The zero-order valence-electron chi connectivity index (χ0n) is 16.1. The average Bonchev–Trinajstić information content (AvgIpc) is 2.75. The molecule has 3 aromatic rings. The number of nitrogens with one attached hydrogen (secondary N) is 2. The number of aromatic nitrogens is 1. The molecular weight excluding hydrogens is 422 g/mol. The average molecular weight is 440 g/mol. The molecule has 31 heavy (non-hydrogen) atoms. The Morgan fingerprint density at radius 2 is 1.65 bits per heavy atom. The van der Waals surface area contributed by atoms with Gasteiger partial charge in [0.1, 0.15) is 6.04 Å². The first-order chi connectivity index (χ1) is 14.8. The van der Waals surface area contributed by atoms with Gasteiger partial charge >= 0.3 is 5.97 Å². The lowest BCUT2D eigenvalue weighted by Crippen LogP contribution is -2.43. The van der Waals surface area contributed by atoms with Crippen LogP contribution < -0.4 is 16.2 Å². The van der Waals surface area contributed by atoms with Crippen LogP contribution in [0.25, 0.3) is 5.69 Å². The molecule has 0 spiro atoms. The van der Waals surface area contributed by atoms with E-state index in [1.807, 2.05) is 0 Å². The van der Waals surface area contributed by atoms with E-state index in [0.29, 0.717) is 16.4 Å². The Balaban J connectivity index is 1.65. The summed E-state index contributed by atoms with van der Waals surface area (Å²) in [4.78, 5) is 48.0. The SMILES string of the molecule is O=C(C[C@H](NC(=O)c1ccc(-n2ccccc2=O)cc1)C(=O)O)Nc1ccc(Cl)cc1. The van der Waals surface area contributed by atoms with E-state index in [4.69, 9.17) is 11.6 Å². The van der Waals surface area contributed by atoms with Crippen LogP contribution in [0.3, 0.4) is 0 Å². The van der Waals surface area contributed by atoms with E-state index in [1.54, 1.807) is 54.7 Å². The van der Waals surface area contributed by atoms with Gasteiger partial charge < -0.3 is 15.7 Å². The molecule has 0 radical (unpaired) electrons. The van der Waals surface area contributed by atoms with E-state index >= 15 is 0 Å². The predicted molar refractivity (Wildman–Crippen MR) is 116 cm³/mol. The Morgan fingerprint density at radius 3 is 2.26 bits per heavy atom. The van der Waals surface area contributed by atoms with Crippen molar-refractivity contribution in [1.29, 1.82) is 0 Å². The molecule has 0 aliphatic carbocycles. The number of hydrogen-bond acceptors (Lipinski definition) is 4. The lowest BCUT2D eigenvalue weighted by atomic mass is 10.1. The van der Waals surface area contributed by atoms with Crippen molar-refractivity contribution in [2.45, 2.75) is 12.5 Å². The van der Waals surface area contributed by atoms with Crippen molar-refractivity contribution in [3.05, 3.63) is 93.9 Å². The molecule has 3 rings (SSSR count). The highest BCUT2D eigenvalue weighted by atomic mass is 35.5. The van der Waals surface area contributed by atoms with Crippen LogP contribution in [0, 0.1) is 0 Å². The smallest absolute Gasteiger partial charge is 0.326 e. The van der Waals surface area contributed by atoms with Crippen molar-refractivity contribution in [3.63, 3.8) is 0 Å². The van der Waals surface area contributed by atoms with Crippen molar-refractivity contribution >= 4 is 35.1 Å². The molecule has 0 aliphatic rings. The standard InChI is InChI=1S/C22H18ClN3O5/c23-15-6-8-16(9-7-15)24-19(27)13-18(22(30)31)25-21(29)14-4-10-17(11-5-14)26-12-2-1-3-20(26)28/h1-12,18H,13H2,(H,24,27)(H,25,29)(H,30,31)/t18-/m0/s1. The number of amides is 2. The fourth-order valence-corrected chi connectivity index (χ4v) is 2.91. The van der Waals surface area contributed by atoms with Crippen molar-refractivity contribution in [2.75, 3.05) is 5.32 Å². The second-order valence-corrected chi connectivity index (χ2v) is 7.02. The number of nitrogens with zero attached hydrogens (tertiary/aromatic N) is 1. The molecule has 0 saturated carbocycles. The molecule has 0 fully saturated rings. The van der Waals surface area contributed by atoms with Gasteiger partial charge in [0.2, 0.25) is 5.91 Å². The first-order valence-corrected chi connectivity index (χ1v) is 9.58. The van der Waals surface area contributed by atoms with Crippen LogP contribution in [0.4, 0.5) is 5.69 Å². The maximum absolute atomic E-state index is 12.5.